The first kappa shape index (κ1) is 21.1. The predicted octanol–water partition coefficient (Wildman–Crippen LogP) is 2.90. The Labute approximate surface area is 189 Å². The molecule has 32 heavy (non-hydrogen) atoms. The summed E-state index contributed by atoms with van der Waals surface area (Å²) in [7, 11) is 1.90. The maximum atomic E-state index is 13.0. The number of piperidine rings is 1. The van der Waals surface area contributed by atoms with Gasteiger partial charge in [0.15, 0.2) is 0 Å². The average Bonchev–Trinajstić information content (AvgIpc) is 3.20. The van der Waals surface area contributed by atoms with Crippen molar-refractivity contribution in [2.75, 3.05) is 39.4 Å². The van der Waals surface area contributed by atoms with E-state index in [1.165, 1.54) is 10.9 Å². The molecule has 1 aromatic carbocycles. The number of pyridine rings is 1. The third kappa shape index (κ3) is 4.54. The summed E-state index contributed by atoms with van der Waals surface area (Å²) in [6.07, 6.45) is 6.87. The fraction of sp³-hybridized carbons (Fsp3) is 0.480. The maximum absolute atomic E-state index is 13.0. The molecule has 0 atom stereocenters. The lowest BCUT2D eigenvalue weighted by Crippen LogP contribution is -2.41. The molecular formula is C25H31N5O2. The Morgan fingerprint density at radius 2 is 1.91 bits per heavy atom. The Balaban J connectivity index is 1.21. The average molecular weight is 434 g/mol. The zero-order valence-corrected chi connectivity index (χ0v) is 18.7. The van der Waals surface area contributed by atoms with Gasteiger partial charge in [0.1, 0.15) is 0 Å². The summed E-state index contributed by atoms with van der Waals surface area (Å²) < 4.78 is 7.18. The molecule has 4 heterocycles. The minimum absolute atomic E-state index is 0.0957. The van der Waals surface area contributed by atoms with E-state index in [4.69, 9.17) is 4.74 Å². The molecule has 0 radical (unpaired) electrons. The molecule has 5 rings (SSSR count). The smallest absolute Gasteiger partial charge is 0.257 e. The number of likely N-dealkylation sites (tertiary alicyclic amines) is 1. The highest BCUT2D eigenvalue weighted by atomic mass is 16.5. The number of rotatable bonds is 5. The van der Waals surface area contributed by atoms with Gasteiger partial charge in [-0.15, -0.1) is 0 Å². The molecule has 0 saturated carbocycles. The summed E-state index contributed by atoms with van der Waals surface area (Å²) in [5, 5.41) is 5.91. The predicted molar refractivity (Wildman–Crippen MR) is 123 cm³/mol. The topological polar surface area (TPSA) is 63.5 Å². The van der Waals surface area contributed by atoms with Gasteiger partial charge in [-0.05, 0) is 56.0 Å². The van der Waals surface area contributed by atoms with Gasteiger partial charge in [0, 0.05) is 44.5 Å². The standard InChI is InChI=1S/C25H31N5O2/c1-28-18-22(25(31)30-12-14-32-15-13-30)24(27-28)16-19-7-10-29(11-8-19)17-20-4-2-6-23-21(20)5-3-9-26-23/h2-6,9,18-19H,7-8,10-17H2,1H3. The summed E-state index contributed by atoms with van der Waals surface area (Å²) >= 11 is 0. The molecule has 2 aliphatic heterocycles. The SMILES string of the molecule is Cn1cc(C(=O)N2CCOCC2)c(CC2CCN(Cc3cccc4ncccc34)CC2)n1. The van der Waals surface area contributed by atoms with Crippen molar-refractivity contribution in [3.8, 4) is 0 Å². The lowest BCUT2D eigenvalue weighted by molar-refractivity contribution is 0.0302. The number of nitrogens with zero attached hydrogens (tertiary/aromatic N) is 5. The molecule has 2 aromatic heterocycles. The fourth-order valence-electron chi connectivity index (χ4n) is 4.97. The van der Waals surface area contributed by atoms with Crippen LogP contribution in [0.3, 0.4) is 0 Å². The number of morpholine rings is 1. The van der Waals surface area contributed by atoms with E-state index in [-0.39, 0.29) is 5.91 Å². The molecule has 0 bridgehead atoms. The monoisotopic (exact) mass is 433 g/mol. The lowest BCUT2D eigenvalue weighted by atomic mass is 9.90. The van der Waals surface area contributed by atoms with E-state index in [1.54, 1.807) is 4.68 Å². The van der Waals surface area contributed by atoms with Crippen LogP contribution in [0.5, 0.6) is 0 Å². The third-order valence-corrected chi connectivity index (χ3v) is 6.75. The zero-order valence-electron chi connectivity index (χ0n) is 18.7. The van der Waals surface area contributed by atoms with Crippen molar-refractivity contribution in [3.05, 3.63) is 59.5 Å². The van der Waals surface area contributed by atoms with Crippen molar-refractivity contribution in [1.82, 2.24) is 24.6 Å². The zero-order chi connectivity index (χ0) is 21.9. The first-order chi connectivity index (χ1) is 15.7. The van der Waals surface area contributed by atoms with Crippen LogP contribution in [0.4, 0.5) is 0 Å². The Hall–Kier alpha value is -2.77. The first-order valence-electron chi connectivity index (χ1n) is 11.6. The second-order valence-corrected chi connectivity index (χ2v) is 8.98. The van der Waals surface area contributed by atoms with Crippen LogP contribution in [0.2, 0.25) is 0 Å². The number of hydrogen-bond acceptors (Lipinski definition) is 5. The van der Waals surface area contributed by atoms with E-state index in [1.807, 2.05) is 30.4 Å². The van der Waals surface area contributed by atoms with Crippen molar-refractivity contribution in [1.29, 1.82) is 0 Å². The van der Waals surface area contributed by atoms with Crippen molar-refractivity contribution in [2.45, 2.75) is 25.8 Å². The van der Waals surface area contributed by atoms with Gasteiger partial charge in [-0.3, -0.25) is 19.4 Å². The normalized spacial score (nSPS) is 18.3. The molecule has 0 aliphatic carbocycles. The van der Waals surface area contributed by atoms with E-state index in [2.05, 4.69) is 39.2 Å². The molecule has 7 heteroatoms. The number of aromatic nitrogens is 3. The number of aryl methyl sites for hydroxylation is 1. The highest BCUT2D eigenvalue weighted by Gasteiger charge is 2.26. The van der Waals surface area contributed by atoms with E-state index < -0.39 is 0 Å². The van der Waals surface area contributed by atoms with Crippen molar-refractivity contribution >= 4 is 16.8 Å². The van der Waals surface area contributed by atoms with Crippen LogP contribution in [0.15, 0.2) is 42.7 Å². The second kappa shape index (κ2) is 9.38. The summed E-state index contributed by atoms with van der Waals surface area (Å²) in [6.45, 7) is 5.66. The van der Waals surface area contributed by atoms with Gasteiger partial charge >= 0.3 is 0 Å². The first-order valence-corrected chi connectivity index (χ1v) is 11.6. The quantitative estimate of drug-likeness (QED) is 0.619. The maximum Gasteiger partial charge on any atom is 0.257 e. The van der Waals surface area contributed by atoms with Gasteiger partial charge in [-0.25, -0.2) is 0 Å². The van der Waals surface area contributed by atoms with Gasteiger partial charge < -0.3 is 9.64 Å². The number of carbonyl (C=O) groups is 1. The molecule has 2 fully saturated rings. The van der Waals surface area contributed by atoms with Gasteiger partial charge in [0.05, 0.1) is 30.0 Å². The molecule has 7 nitrogen and oxygen atoms in total. The number of benzene rings is 1. The van der Waals surface area contributed by atoms with Crippen LogP contribution in [0.1, 0.15) is 34.5 Å². The molecular weight excluding hydrogens is 402 g/mol. The van der Waals surface area contributed by atoms with E-state index >= 15 is 0 Å². The highest BCUT2D eigenvalue weighted by Crippen LogP contribution is 2.26. The van der Waals surface area contributed by atoms with Gasteiger partial charge in [-0.2, -0.15) is 5.10 Å². The van der Waals surface area contributed by atoms with Crippen LogP contribution < -0.4 is 0 Å². The Morgan fingerprint density at radius 1 is 1.09 bits per heavy atom. The molecule has 168 valence electrons. The largest absolute Gasteiger partial charge is 0.378 e. The molecule has 0 spiro atoms. The highest BCUT2D eigenvalue weighted by molar-refractivity contribution is 5.95. The Kier molecular flexibility index (Phi) is 6.19. The van der Waals surface area contributed by atoms with E-state index in [0.29, 0.717) is 32.2 Å². The molecule has 2 aliphatic rings. The number of amides is 1. The van der Waals surface area contributed by atoms with Crippen LogP contribution in [-0.2, 0) is 24.8 Å². The van der Waals surface area contributed by atoms with Crippen molar-refractivity contribution < 1.29 is 9.53 Å². The Bertz CT molecular complexity index is 1080. The molecule has 0 unspecified atom stereocenters. The lowest BCUT2D eigenvalue weighted by Gasteiger charge is -2.32. The van der Waals surface area contributed by atoms with Gasteiger partial charge in [-0.1, -0.05) is 18.2 Å². The van der Waals surface area contributed by atoms with Crippen LogP contribution in [0.25, 0.3) is 10.9 Å². The molecule has 2 saturated heterocycles. The van der Waals surface area contributed by atoms with Crippen LogP contribution in [-0.4, -0.2) is 69.9 Å². The summed E-state index contributed by atoms with van der Waals surface area (Å²) in [4.78, 5) is 22.0. The minimum Gasteiger partial charge on any atom is -0.378 e. The third-order valence-electron chi connectivity index (χ3n) is 6.75. The van der Waals surface area contributed by atoms with Crippen LogP contribution >= 0.6 is 0 Å². The number of fused-ring (bicyclic) bond motifs is 1. The van der Waals surface area contributed by atoms with Gasteiger partial charge in [0.25, 0.3) is 5.91 Å². The number of carbonyl (C=O) groups excluding carboxylic acids is 1. The summed E-state index contributed by atoms with van der Waals surface area (Å²) in [5.41, 5.74) is 4.12. The molecule has 0 N–H and O–H groups in total. The summed E-state index contributed by atoms with van der Waals surface area (Å²) in [5.74, 6) is 0.657. The number of hydrogen-bond donors (Lipinski definition) is 0. The van der Waals surface area contributed by atoms with Gasteiger partial charge in [0.2, 0.25) is 0 Å². The molecule has 3 aromatic rings. The Morgan fingerprint density at radius 3 is 2.72 bits per heavy atom. The summed E-state index contributed by atoms with van der Waals surface area (Å²) in [6, 6.07) is 10.6. The van der Waals surface area contributed by atoms with E-state index in [9.17, 15) is 4.79 Å². The second-order valence-electron chi connectivity index (χ2n) is 8.98. The minimum atomic E-state index is 0.0957. The van der Waals surface area contributed by atoms with Crippen molar-refractivity contribution in [2.24, 2.45) is 13.0 Å². The molecule has 1 amide bonds. The van der Waals surface area contributed by atoms with Crippen LogP contribution in [0, 0.1) is 5.92 Å². The number of ether oxygens (including phenoxy) is 1. The van der Waals surface area contributed by atoms with Crippen molar-refractivity contribution in [3.63, 3.8) is 0 Å². The fourth-order valence-corrected chi connectivity index (χ4v) is 4.97. The van der Waals surface area contributed by atoms with E-state index in [0.717, 1.165) is 55.7 Å².